The molecule has 0 atom stereocenters. The molecule has 1 amide bonds. The first kappa shape index (κ1) is 19.6. The Morgan fingerprint density at radius 2 is 1.97 bits per heavy atom. The number of nitrogens with zero attached hydrogens (tertiary/aromatic N) is 1. The van der Waals surface area contributed by atoms with Crippen LogP contribution in [0.4, 0.5) is 11.4 Å². The molecule has 2 aromatic carbocycles. The SMILES string of the molecule is NCc1cc(NC(=O)c2sccc2NCc2ccnc3ccccc23)ccc1Br. The van der Waals surface area contributed by atoms with Crippen LogP contribution in [0.15, 0.2) is 70.6 Å². The summed E-state index contributed by atoms with van der Waals surface area (Å²) in [6.07, 6.45) is 1.81. The number of para-hydroxylation sites is 1. The standard InChI is InChI=1S/C22H19BrN4OS/c23-18-6-5-16(11-15(18)12-24)27-22(28)21-20(8-10-29-21)26-13-14-7-9-25-19-4-2-1-3-17(14)19/h1-11,26H,12-13,24H2,(H,27,28). The molecule has 0 aliphatic carbocycles. The second kappa shape index (κ2) is 8.73. The smallest absolute Gasteiger partial charge is 0.267 e. The van der Waals surface area contributed by atoms with Crippen molar-refractivity contribution in [3.63, 3.8) is 0 Å². The minimum atomic E-state index is -0.146. The summed E-state index contributed by atoms with van der Waals surface area (Å²) in [5.41, 5.74) is 10.3. The fourth-order valence-corrected chi connectivity index (χ4v) is 4.29. The highest BCUT2D eigenvalue weighted by Crippen LogP contribution is 2.26. The van der Waals surface area contributed by atoms with E-state index in [1.165, 1.54) is 11.3 Å². The Labute approximate surface area is 181 Å². The average molecular weight is 467 g/mol. The zero-order chi connectivity index (χ0) is 20.2. The van der Waals surface area contributed by atoms with E-state index in [0.717, 1.165) is 37.9 Å². The van der Waals surface area contributed by atoms with E-state index in [2.05, 4.69) is 37.6 Å². The Morgan fingerprint density at radius 3 is 2.83 bits per heavy atom. The minimum Gasteiger partial charge on any atom is -0.380 e. The second-order valence-electron chi connectivity index (χ2n) is 6.47. The molecule has 5 nitrogen and oxygen atoms in total. The quantitative estimate of drug-likeness (QED) is 0.356. The van der Waals surface area contributed by atoms with Crippen molar-refractivity contribution in [1.29, 1.82) is 0 Å². The summed E-state index contributed by atoms with van der Waals surface area (Å²) >= 11 is 4.87. The number of hydrogen-bond acceptors (Lipinski definition) is 5. The van der Waals surface area contributed by atoms with E-state index in [4.69, 9.17) is 5.73 Å². The number of carbonyl (C=O) groups is 1. The molecule has 7 heteroatoms. The first-order chi connectivity index (χ1) is 14.2. The third kappa shape index (κ3) is 4.32. The summed E-state index contributed by atoms with van der Waals surface area (Å²) in [4.78, 5) is 17.8. The highest BCUT2D eigenvalue weighted by atomic mass is 79.9. The fraction of sp³-hybridized carbons (Fsp3) is 0.0909. The fourth-order valence-electron chi connectivity index (χ4n) is 3.12. The zero-order valence-corrected chi connectivity index (χ0v) is 17.9. The van der Waals surface area contributed by atoms with E-state index >= 15 is 0 Å². The lowest BCUT2D eigenvalue weighted by atomic mass is 10.1. The van der Waals surface area contributed by atoms with E-state index in [9.17, 15) is 4.79 Å². The number of nitrogens with two attached hydrogens (primary N) is 1. The number of nitrogens with one attached hydrogen (secondary N) is 2. The van der Waals surface area contributed by atoms with Crippen LogP contribution in [-0.4, -0.2) is 10.9 Å². The van der Waals surface area contributed by atoms with Crippen LogP contribution < -0.4 is 16.4 Å². The molecule has 4 rings (SSSR count). The molecular weight excluding hydrogens is 448 g/mol. The molecule has 0 aliphatic heterocycles. The zero-order valence-electron chi connectivity index (χ0n) is 15.5. The van der Waals surface area contributed by atoms with Crippen LogP contribution in [0, 0.1) is 0 Å². The molecule has 2 aromatic heterocycles. The number of benzene rings is 2. The molecule has 0 radical (unpaired) electrons. The molecule has 0 spiro atoms. The van der Waals surface area contributed by atoms with Crippen LogP contribution in [0.5, 0.6) is 0 Å². The van der Waals surface area contributed by atoms with Crippen LogP contribution in [0.1, 0.15) is 20.8 Å². The number of aromatic nitrogens is 1. The van der Waals surface area contributed by atoms with Gasteiger partial charge in [0.25, 0.3) is 5.91 Å². The van der Waals surface area contributed by atoms with Crippen molar-refractivity contribution in [2.24, 2.45) is 5.73 Å². The van der Waals surface area contributed by atoms with Gasteiger partial charge in [-0.1, -0.05) is 34.1 Å². The van der Waals surface area contributed by atoms with Gasteiger partial charge in [0.2, 0.25) is 0 Å². The lowest BCUT2D eigenvalue weighted by Gasteiger charge is -2.11. The third-order valence-electron chi connectivity index (χ3n) is 4.60. The van der Waals surface area contributed by atoms with E-state index in [-0.39, 0.29) is 5.91 Å². The average Bonchev–Trinajstić information content (AvgIpc) is 3.22. The first-order valence-electron chi connectivity index (χ1n) is 9.09. The molecule has 0 saturated heterocycles. The molecule has 4 aromatic rings. The Morgan fingerprint density at radius 1 is 1.10 bits per heavy atom. The lowest BCUT2D eigenvalue weighted by Crippen LogP contribution is -2.13. The largest absolute Gasteiger partial charge is 0.380 e. The van der Waals surface area contributed by atoms with Crippen molar-refractivity contribution < 1.29 is 4.79 Å². The summed E-state index contributed by atoms with van der Waals surface area (Å²) < 4.78 is 0.932. The molecule has 2 heterocycles. The number of hydrogen-bond donors (Lipinski definition) is 3. The van der Waals surface area contributed by atoms with Gasteiger partial charge in [-0.25, -0.2) is 0 Å². The number of pyridine rings is 1. The van der Waals surface area contributed by atoms with Gasteiger partial charge >= 0.3 is 0 Å². The van der Waals surface area contributed by atoms with Crippen LogP contribution in [0.25, 0.3) is 10.9 Å². The number of rotatable bonds is 6. The van der Waals surface area contributed by atoms with E-state index in [1.807, 2.05) is 60.1 Å². The van der Waals surface area contributed by atoms with Crippen molar-refractivity contribution in [3.8, 4) is 0 Å². The number of amides is 1. The van der Waals surface area contributed by atoms with Gasteiger partial charge in [0, 0.05) is 34.8 Å². The molecule has 146 valence electrons. The van der Waals surface area contributed by atoms with Crippen molar-refractivity contribution in [3.05, 3.63) is 86.7 Å². The maximum absolute atomic E-state index is 12.8. The molecule has 0 aliphatic rings. The van der Waals surface area contributed by atoms with Gasteiger partial charge in [-0.3, -0.25) is 9.78 Å². The third-order valence-corrected chi connectivity index (χ3v) is 6.29. The number of thiophene rings is 1. The first-order valence-corrected chi connectivity index (χ1v) is 10.8. The lowest BCUT2D eigenvalue weighted by molar-refractivity contribution is 0.103. The molecule has 0 saturated carbocycles. The van der Waals surface area contributed by atoms with Gasteiger partial charge in [0.05, 0.1) is 11.2 Å². The van der Waals surface area contributed by atoms with E-state index < -0.39 is 0 Å². The summed E-state index contributed by atoms with van der Waals surface area (Å²) in [5.74, 6) is -0.146. The van der Waals surface area contributed by atoms with Crippen molar-refractivity contribution >= 4 is 55.5 Å². The summed E-state index contributed by atoms with van der Waals surface area (Å²) in [6.45, 7) is 1.01. The van der Waals surface area contributed by atoms with E-state index in [0.29, 0.717) is 18.0 Å². The van der Waals surface area contributed by atoms with Gasteiger partial charge in [0.1, 0.15) is 4.88 Å². The van der Waals surface area contributed by atoms with Crippen molar-refractivity contribution in [2.45, 2.75) is 13.1 Å². The van der Waals surface area contributed by atoms with Crippen LogP contribution in [0.2, 0.25) is 0 Å². The second-order valence-corrected chi connectivity index (χ2v) is 8.24. The molecule has 0 fully saturated rings. The Bertz CT molecular complexity index is 1170. The van der Waals surface area contributed by atoms with Crippen molar-refractivity contribution in [1.82, 2.24) is 4.98 Å². The Balaban J connectivity index is 1.50. The number of carbonyl (C=O) groups excluding carboxylic acids is 1. The van der Waals surface area contributed by atoms with Crippen LogP contribution in [0.3, 0.4) is 0 Å². The van der Waals surface area contributed by atoms with Gasteiger partial charge in [-0.05, 0) is 52.9 Å². The molecule has 29 heavy (non-hydrogen) atoms. The van der Waals surface area contributed by atoms with Gasteiger partial charge in [-0.2, -0.15) is 0 Å². The van der Waals surface area contributed by atoms with Crippen LogP contribution in [-0.2, 0) is 13.1 Å². The number of fused-ring (bicyclic) bond motifs is 1. The maximum Gasteiger partial charge on any atom is 0.267 e. The predicted molar refractivity (Wildman–Crippen MR) is 123 cm³/mol. The monoisotopic (exact) mass is 466 g/mol. The van der Waals surface area contributed by atoms with Gasteiger partial charge in [0.15, 0.2) is 0 Å². The van der Waals surface area contributed by atoms with Gasteiger partial charge in [-0.15, -0.1) is 11.3 Å². The predicted octanol–water partition coefficient (Wildman–Crippen LogP) is 5.38. The minimum absolute atomic E-state index is 0.146. The Kier molecular flexibility index (Phi) is 5.89. The summed E-state index contributed by atoms with van der Waals surface area (Å²) in [7, 11) is 0. The van der Waals surface area contributed by atoms with Crippen LogP contribution >= 0.6 is 27.3 Å². The summed E-state index contributed by atoms with van der Waals surface area (Å²) in [6, 6.07) is 17.6. The highest BCUT2D eigenvalue weighted by Gasteiger charge is 2.14. The Hall–Kier alpha value is -2.74. The highest BCUT2D eigenvalue weighted by molar-refractivity contribution is 9.10. The number of anilines is 2. The molecule has 0 bridgehead atoms. The molecule has 4 N–H and O–H groups in total. The molecule has 0 unspecified atom stereocenters. The van der Waals surface area contributed by atoms with Crippen molar-refractivity contribution in [2.75, 3.05) is 10.6 Å². The number of halogens is 1. The van der Waals surface area contributed by atoms with E-state index in [1.54, 1.807) is 0 Å². The van der Waals surface area contributed by atoms with Gasteiger partial charge < -0.3 is 16.4 Å². The maximum atomic E-state index is 12.8. The normalized spacial score (nSPS) is 10.8. The summed E-state index contributed by atoms with van der Waals surface area (Å²) in [5, 5.41) is 9.37. The molecular formula is C22H19BrN4OS. The topological polar surface area (TPSA) is 80.0 Å².